The van der Waals surface area contributed by atoms with Gasteiger partial charge in [0.2, 0.25) is 5.91 Å². The standard InChI is InChI=1S/C16H17N3O2S/c1-10-8-11(2)18-16(22-9-13(17)20)14(10)15(21)19-12-6-4-3-5-7-12/h3-8H,9H2,1-2H3,(H2,17,20)(H,19,21). The van der Waals surface area contributed by atoms with Crippen molar-refractivity contribution in [2.24, 2.45) is 5.73 Å². The number of hydrogen-bond donors (Lipinski definition) is 2. The highest BCUT2D eigenvalue weighted by atomic mass is 32.2. The number of nitrogens with zero attached hydrogens (tertiary/aromatic N) is 1. The van der Waals surface area contributed by atoms with Crippen LogP contribution < -0.4 is 11.1 Å². The number of primary amides is 1. The number of rotatable bonds is 5. The van der Waals surface area contributed by atoms with Crippen LogP contribution in [0.25, 0.3) is 0 Å². The monoisotopic (exact) mass is 315 g/mol. The molecule has 1 heterocycles. The number of anilines is 1. The summed E-state index contributed by atoms with van der Waals surface area (Å²) in [5.41, 5.74) is 7.96. The van der Waals surface area contributed by atoms with Gasteiger partial charge in [-0.1, -0.05) is 30.0 Å². The highest BCUT2D eigenvalue weighted by Crippen LogP contribution is 2.25. The number of carbonyl (C=O) groups is 2. The molecule has 0 saturated heterocycles. The van der Waals surface area contributed by atoms with E-state index in [1.165, 1.54) is 11.8 Å². The molecular weight excluding hydrogens is 298 g/mol. The maximum Gasteiger partial charge on any atom is 0.258 e. The molecule has 0 fully saturated rings. The zero-order chi connectivity index (χ0) is 16.1. The molecule has 0 aliphatic rings. The van der Waals surface area contributed by atoms with Crippen LogP contribution in [0.3, 0.4) is 0 Å². The Morgan fingerprint density at radius 1 is 1.23 bits per heavy atom. The van der Waals surface area contributed by atoms with Gasteiger partial charge in [-0.15, -0.1) is 0 Å². The second kappa shape index (κ2) is 7.09. The van der Waals surface area contributed by atoms with Gasteiger partial charge >= 0.3 is 0 Å². The molecule has 0 saturated carbocycles. The molecule has 22 heavy (non-hydrogen) atoms. The average molecular weight is 315 g/mol. The summed E-state index contributed by atoms with van der Waals surface area (Å²) in [5.74, 6) is -0.606. The summed E-state index contributed by atoms with van der Waals surface area (Å²) < 4.78 is 0. The van der Waals surface area contributed by atoms with Gasteiger partial charge in [-0.2, -0.15) is 0 Å². The number of nitrogens with one attached hydrogen (secondary N) is 1. The second-order valence-corrected chi connectivity index (χ2v) is 5.80. The fourth-order valence-electron chi connectivity index (χ4n) is 2.04. The van der Waals surface area contributed by atoms with Crippen molar-refractivity contribution in [1.82, 2.24) is 4.98 Å². The summed E-state index contributed by atoms with van der Waals surface area (Å²) in [4.78, 5) is 27.9. The van der Waals surface area contributed by atoms with Gasteiger partial charge in [-0.3, -0.25) is 9.59 Å². The number of aryl methyl sites for hydroxylation is 2. The minimum atomic E-state index is -0.444. The van der Waals surface area contributed by atoms with Crippen molar-refractivity contribution in [2.75, 3.05) is 11.1 Å². The van der Waals surface area contributed by atoms with Gasteiger partial charge in [0, 0.05) is 11.4 Å². The van der Waals surface area contributed by atoms with E-state index in [1.54, 1.807) is 0 Å². The van der Waals surface area contributed by atoms with Gasteiger partial charge in [0.1, 0.15) is 5.03 Å². The van der Waals surface area contributed by atoms with E-state index in [1.807, 2.05) is 50.2 Å². The first-order chi connectivity index (χ1) is 10.5. The summed E-state index contributed by atoms with van der Waals surface area (Å²) in [6.07, 6.45) is 0. The van der Waals surface area contributed by atoms with Crippen LogP contribution in [0.5, 0.6) is 0 Å². The Bertz CT molecular complexity index is 702. The minimum absolute atomic E-state index is 0.0848. The van der Waals surface area contributed by atoms with Crippen LogP contribution in [0.1, 0.15) is 21.6 Å². The van der Waals surface area contributed by atoms with Crippen LogP contribution >= 0.6 is 11.8 Å². The summed E-state index contributed by atoms with van der Waals surface area (Å²) >= 11 is 1.18. The van der Waals surface area contributed by atoms with Gasteiger partial charge in [0.25, 0.3) is 5.91 Å². The van der Waals surface area contributed by atoms with E-state index in [0.29, 0.717) is 16.3 Å². The Kier molecular flexibility index (Phi) is 5.16. The Morgan fingerprint density at radius 2 is 1.91 bits per heavy atom. The van der Waals surface area contributed by atoms with Crippen LogP contribution in [0.15, 0.2) is 41.4 Å². The summed E-state index contributed by atoms with van der Waals surface area (Å²) in [6.45, 7) is 3.70. The second-order valence-electron chi connectivity index (χ2n) is 4.84. The zero-order valence-electron chi connectivity index (χ0n) is 12.4. The minimum Gasteiger partial charge on any atom is -0.369 e. The number of nitrogens with two attached hydrogens (primary N) is 1. The highest BCUT2D eigenvalue weighted by Gasteiger charge is 2.18. The lowest BCUT2D eigenvalue weighted by molar-refractivity contribution is -0.115. The van der Waals surface area contributed by atoms with Gasteiger partial charge in [-0.25, -0.2) is 4.98 Å². The predicted octanol–water partition coefficient (Wildman–Crippen LogP) is 2.53. The molecule has 3 N–H and O–H groups in total. The van der Waals surface area contributed by atoms with E-state index >= 15 is 0 Å². The first-order valence-corrected chi connectivity index (χ1v) is 7.71. The molecule has 0 aliphatic heterocycles. The number of amides is 2. The van der Waals surface area contributed by atoms with E-state index in [-0.39, 0.29) is 11.7 Å². The van der Waals surface area contributed by atoms with Crippen LogP contribution in [-0.2, 0) is 4.79 Å². The van der Waals surface area contributed by atoms with Gasteiger partial charge in [0.05, 0.1) is 11.3 Å². The first kappa shape index (κ1) is 16.0. The number of carbonyl (C=O) groups excluding carboxylic acids is 2. The summed E-state index contributed by atoms with van der Waals surface area (Å²) in [5, 5.41) is 3.36. The van der Waals surface area contributed by atoms with Crippen molar-refractivity contribution in [1.29, 1.82) is 0 Å². The SMILES string of the molecule is Cc1cc(C)c(C(=O)Nc2ccccc2)c(SCC(N)=O)n1. The third-order valence-electron chi connectivity index (χ3n) is 2.92. The van der Waals surface area contributed by atoms with Gasteiger partial charge in [0.15, 0.2) is 0 Å². The van der Waals surface area contributed by atoms with Crippen molar-refractivity contribution in [3.8, 4) is 0 Å². The van der Waals surface area contributed by atoms with Crippen LogP contribution in [0.2, 0.25) is 0 Å². The fourth-order valence-corrected chi connectivity index (χ4v) is 2.92. The first-order valence-electron chi connectivity index (χ1n) is 6.73. The third kappa shape index (κ3) is 4.08. The van der Waals surface area contributed by atoms with Crippen LogP contribution in [-0.4, -0.2) is 22.6 Å². The molecule has 0 radical (unpaired) electrons. The molecule has 0 unspecified atom stereocenters. The summed E-state index contributed by atoms with van der Waals surface area (Å²) in [6, 6.07) is 11.0. The Labute approximate surface area is 133 Å². The fraction of sp³-hybridized carbons (Fsp3) is 0.188. The van der Waals surface area contributed by atoms with E-state index < -0.39 is 5.91 Å². The van der Waals surface area contributed by atoms with Gasteiger partial charge < -0.3 is 11.1 Å². The van der Waals surface area contributed by atoms with E-state index in [4.69, 9.17) is 5.73 Å². The average Bonchev–Trinajstić information content (AvgIpc) is 2.45. The molecule has 2 amide bonds. The largest absolute Gasteiger partial charge is 0.369 e. The lowest BCUT2D eigenvalue weighted by Gasteiger charge is -2.12. The zero-order valence-corrected chi connectivity index (χ0v) is 13.2. The molecule has 0 spiro atoms. The van der Waals surface area contributed by atoms with Crippen molar-refractivity contribution in [3.63, 3.8) is 0 Å². The molecule has 2 rings (SSSR count). The Morgan fingerprint density at radius 3 is 2.55 bits per heavy atom. The molecule has 0 atom stereocenters. The number of para-hydroxylation sites is 1. The lowest BCUT2D eigenvalue weighted by atomic mass is 10.1. The third-order valence-corrected chi connectivity index (χ3v) is 3.92. The van der Waals surface area contributed by atoms with E-state index in [0.717, 1.165) is 11.3 Å². The molecule has 2 aromatic rings. The smallest absolute Gasteiger partial charge is 0.258 e. The van der Waals surface area contributed by atoms with Crippen molar-refractivity contribution >= 4 is 29.3 Å². The molecule has 1 aromatic heterocycles. The van der Waals surface area contributed by atoms with Crippen LogP contribution in [0, 0.1) is 13.8 Å². The Hall–Kier alpha value is -2.34. The molecule has 0 bridgehead atoms. The molecule has 6 heteroatoms. The number of pyridine rings is 1. The molecule has 1 aromatic carbocycles. The van der Waals surface area contributed by atoms with E-state index in [2.05, 4.69) is 10.3 Å². The molecule has 114 valence electrons. The number of hydrogen-bond acceptors (Lipinski definition) is 4. The quantitative estimate of drug-likeness (QED) is 0.830. The van der Waals surface area contributed by atoms with Crippen LogP contribution in [0.4, 0.5) is 5.69 Å². The molecule has 0 aliphatic carbocycles. The van der Waals surface area contributed by atoms with Crippen molar-refractivity contribution in [3.05, 3.63) is 53.2 Å². The highest BCUT2D eigenvalue weighted by molar-refractivity contribution is 8.00. The number of thioether (sulfide) groups is 1. The lowest BCUT2D eigenvalue weighted by Crippen LogP contribution is -2.17. The molecular formula is C16H17N3O2S. The normalized spacial score (nSPS) is 10.3. The van der Waals surface area contributed by atoms with Gasteiger partial charge in [-0.05, 0) is 37.6 Å². The molecule has 5 nitrogen and oxygen atoms in total. The number of benzene rings is 1. The predicted molar refractivity (Wildman–Crippen MR) is 88.0 cm³/mol. The maximum atomic E-state index is 12.5. The Balaban J connectivity index is 2.31. The maximum absolute atomic E-state index is 12.5. The topological polar surface area (TPSA) is 85.1 Å². The van der Waals surface area contributed by atoms with Crippen molar-refractivity contribution < 1.29 is 9.59 Å². The summed E-state index contributed by atoms with van der Waals surface area (Å²) in [7, 11) is 0. The van der Waals surface area contributed by atoms with E-state index in [9.17, 15) is 9.59 Å². The van der Waals surface area contributed by atoms with Crippen molar-refractivity contribution in [2.45, 2.75) is 18.9 Å². The number of aromatic nitrogens is 1.